The lowest BCUT2D eigenvalue weighted by molar-refractivity contribution is 0.0360. The number of amides is 1. The first kappa shape index (κ1) is 28.3. The van der Waals surface area contributed by atoms with E-state index < -0.39 is 11.7 Å². The number of pyridine rings is 1. The molecule has 7 rings (SSSR count). The van der Waals surface area contributed by atoms with Crippen molar-refractivity contribution in [3.05, 3.63) is 66.0 Å². The first-order valence-corrected chi connectivity index (χ1v) is 14.8. The molecule has 0 atom stereocenters. The summed E-state index contributed by atoms with van der Waals surface area (Å²) in [5.74, 6) is -0.000299. The van der Waals surface area contributed by atoms with Crippen molar-refractivity contribution in [3.8, 4) is 22.5 Å². The van der Waals surface area contributed by atoms with Crippen molar-refractivity contribution in [2.45, 2.75) is 31.8 Å². The molecule has 5 aromatic rings. The average Bonchev–Trinajstić information content (AvgIpc) is 3.84. The van der Waals surface area contributed by atoms with Crippen molar-refractivity contribution in [2.75, 3.05) is 46.1 Å². The van der Waals surface area contributed by atoms with Crippen molar-refractivity contribution in [1.82, 2.24) is 45.1 Å². The molecular formula is C30H32FN9O4. The van der Waals surface area contributed by atoms with Crippen LogP contribution in [0.2, 0.25) is 0 Å². The maximum absolute atomic E-state index is 15.2. The molecule has 1 amide bonds. The molecule has 13 nitrogen and oxygen atoms in total. The van der Waals surface area contributed by atoms with Crippen molar-refractivity contribution >= 4 is 17.1 Å². The van der Waals surface area contributed by atoms with E-state index >= 15 is 4.39 Å². The van der Waals surface area contributed by atoms with E-state index in [0.29, 0.717) is 47.2 Å². The number of nitrogens with zero attached hydrogens (tertiary/aromatic N) is 7. The third-order valence-corrected chi connectivity index (χ3v) is 8.06. The Morgan fingerprint density at radius 1 is 1.05 bits per heavy atom. The van der Waals surface area contributed by atoms with E-state index in [1.165, 1.54) is 6.07 Å². The van der Waals surface area contributed by atoms with Crippen LogP contribution in [0.5, 0.6) is 0 Å². The smallest absolute Gasteiger partial charge is 0.309 e. The van der Waals surface area contributed by atoms with E-state index in [-0.39, 0.29) is 18.4 Å². The van der Waals surface area contributed by atoms with Gasteiger partial charge in [-0.1, -0.05) is 12.1 Å². The topological polar surface area (TPSA) is 149 Å². The Hall–Kier alpha value is -4.53. The van der Waals surface area contributed by atoms with Gasteiger partial charge in [0.05, 0.1) is 37.0 Å². The van der Waals surface area contributed by atoms with Crippen LogP contribution in [-0.2, 0) is 22.6 Å². The minimum absolute atomic E-state index is 0.0323. The molecule has 228 valence electrons. The Morgan fingerprint density at radius 2 is 1.89 bits per heavy atom. The molecule has 2 saturated heterocycles. The maximum atomic E-state index is 15.2. The van der Waals surface area contributed by atoms with Crippen molar-refractivity contribution < 1.29 is 23.1 Å². The van der Waals surface area contributed by atoms with E-state index in [4.69, 9.17) is 13.9 Å². The molecule has 0 aliphatic carbocycles. The van der Waals surface area contributed by atoms with Crippen LogP contribution in [0.3, 0.4) is 0 Å². The monoisotopic (exact) mass is 601 g/mol. The molecule has 6 heterocycles. The molecule has 0 unspecified atom stereocenters. The number of halogens is 1. The Balaban J connectivity index is 1.02. The van der Waals surface area contributed by atoms with Gasteiger partial charge >= 0.3 is 11.8 Å². The number of fused-ring (bicyclic) bond motifs is 1. The van der Waals surface area contributed by atoms with Crippen LogP contribution in [-0.4, -0.2) is 91.8 Å². The summed E-state index contributed by atoms with van der Waals surface area (Å²) in [7, 11) is 0. The zero-order valence-electron chi connectivity index (χ0n) is 24.0. The number of morpholine rings is 1. The highest BCUT2D eigenvalue weighted by Crippen LogP contribution is 2.30. The Bertz CT molecular complexity index is 1750. The zero-order valence-corrected chi connectivity index (χ0v) is 24.0. The van der Waals surface area contributed by atoms with Crippen LogP contribution in [0.1, 0.15) is 40.9 Å². The fourth-order valence-electron chi connectivity index (χ4n) is 5.51. The summed E-state index contributed by atoms with van der Waals surface area (Å²) in [6.07, 6.45) is 6.93. The highest BCUT2D eigenvalue weighted by Gasteiger charge is 2.24. The van der Waals surface area contributed by atoms with Gasteiger partial charge < -0.3 is 24.2 Å². The summed E-state index contributed by atoms with van der Waals surface area (Å²) in [5.41, 5.74) is 3.80. The van der Waals surface area contributed by atoms with Crippen molar-refractivity contribution in [1.29, 1.82) is 0 Å². The van der Waals surface area contributed by atoms with Gasteiger partial charge in [-0.05, 0) is 30.5 Å². The molecule has 44 heavy (non-hydrogen) atoms. The Labute approximate surface area is 251 Å². The van der Waals surface area contributed by atoms with Crippen LogP contribution >= 0.6 is 0 Å². The molecule has 2 N–H and O–H groups in total. The SMILES string of the molecule is O=C(NCc1ccc(-c2ccnc3nc(-c4cnn(CCN5CCOCC5)c4)[nH]c23)cc1F)c1nnc(C2CCOCC2)o1. The second kappa shape index (κ2) is 12.6. The molecule has 0 spiro atoms. The van der Waals surface area contributed by atoms with Crippen LogP contribution < -0.4 is 5.32 Å². The van der Waals surface area contributed by atoms with Gasteiger partial charge in [0, 0.05) is 68.8 Å². The highest BCUT2D eigenvalue weighted by atomic mass is 19.1. The lowest BCUT2D eigenvalue weighted by Crippen LogP contribution is -2.38. The number of ether oxygens (including phenoxy) is 2. The number of carbonyl (C=O) groups excluding carboxylic acids is 1. The second-order valence-corrected chi connectivity index (χ2v) is 10.9. The van der Waals surface area contributed by atoms with Gasteiger partial charge in [0.25, 0.3) is 0 Å². The van der Waals surface area contributed by atoms with Crippen molar-refractivity contribution in [3.63, 3.8) is 0 Å². The number of hydrogen-bond acceptors (Lipinski definition) is 10. The van der Waals surface area contributed by atoms with Crippen LogP contribution in [0.25, 0.3) is 33.7 Å². The number of aromatic nitrogens is 7. The fourth-order valence-corrected chi connectivity index (χ4v) is 5.51. The van der Waals surface area contributed by atoms with Gasteiger partial charge in [0.2, 0.25) is 5.89 Å². The molecule has 1 aromatic carbocycles. The standard InChI is InChI=1S/C30H32FN9O4/c31-24-15-20(1-2-21(24)16-33-28(41)30-38-37-29(44-30)19-4-11-42-12-5-19)23-3-6-32-27-25(23)35-26(36-27)22-17-34-40(18-22)8-7-39-9-13-43-14-10-39/h1-3,6,15,17-19H,4-5,7-14,16H2,(H,33,41)(H,32,35,36). The van der Waals surface area contributed by atoms with Gasteiger partial charge in [-0.2, -0.15) is 5.10 Å². The third kappa shape index (κ3) is 6.09. The predicted molar refractivity (Wildman–Crippen MR) is 156 cm³/mol. The van der Waals surface area contributed by atoms with E-state index in [9.17, 15) is 4.79 Å². The molecule has 2 fully saturated rings. The molecule has 0 saturated carbocycles. The van der Waals surface area contributed by atoms with Gasteiger partial charge in [0.15, 0.2) is 5.65 Å². The molecular weight excluding hydrogens is 569 g/mol. The second-order valence-electron chi connectivity index (χ2n) is 10.9. The van der Waals surface area contributed by atoms with Gasteiger partial charge in [-0.25, -0.2) is 14.4 Å². The number of H-pyrrole nitrogens is 1. The molecule has 0 bridgehead atoms. The minimum Gasteiger partial charge on any atom is -0.417 e. The molecule has 0 radical (unpaired) electrons. The van der Waals surface area contributed by atoms with Gasteiger partial charge in [-0.3, -0.25) is 14.4 Å². The minimum atomic E-state index is -0.551. The summed E-state index contributed by atoms with van der Waals surface area (Å²) < 4.78 is 33.5. The van der Waals surface area contributed by atoms with Crippen LogP contribution in [0.15, 0.2) is 47.3 Å². The van der Waals surface area contributed by atoms with E-state index in [0.717, 1.165) is 63.4 Å². The van der Waals surface area contributed by atoms with Gasteiger partial charge in [0.1, 0.15) is 11.6 Å². The summed E-state index contributed by atoms with van der Waals surface area (Å²) in [6.45, 7) is 6.27. The van der Waals surface area contributed by atoms with Crippen LogP contribution in [0, 0.1) is 5.82 Å². The normalized spacial score (nSPS) is 16.5. The Morgan fingerprint density at radius 3 is 2.73 bits per heavy atom. The largest absolute Gasteiger partial charge is 0.417 e. The van der Waals surface area contributed by atoms with Crippen molar-refractivity contribution in [2.24, 2.45) is 0 Å². The van der Waals surface area contributed by atoms with E-state index in [1.54, 1.807) is 24.5 Å². The Kier molecular flexibility index (Phi) is 8.09. The third-order valence-electron chi connectivity index (χ3n) is 8.06. The van der Waals surface area contributed by atoms with E-state index in [2.05, 4.69) is 40.5 Å². The predicted octanol–water partition coefficient (Wildman–Crippen LogP) is 3.17. The molecule has 2 aliphatic heterocycles. The molecule has 2 aliphatic rings. The lowest BCUT2D eigenvalue weighted by atomic mass is 10.0. The first-order valence-electron chi connectivity index (χ1n) is 14.8. The van der Waals surface area contributed by atoms with Gasteiger partial charge in [-0.15, -0.1) is 10.2 Å². The quantitative estimate of drug-likeness (QED) is 0.258. The number of carbonyl (C=O) groups is 1. The molecule has 14 heteroatoms. The first-order chi connectivity index (χ1) is 21.6. The highest BCUT2D eigenvalue weighted by molar-refractivity contribution is 5.91. The fraction of sp³-hybridized carbons (Fsp3) is 0.400. The number of benzene rings is 1. The number of rotatable bonds is 9. The van der Waals surface area contributed by atoms with E-state index in [1.807, 2.05) is 16.9 Å². The maximum Gasteiger partial charge on any atom is 0.309 e. The summed E-state index contributed by atoms with van der Waals surface area (Å²) >= 11 is 0. The number of hydrogen-bond donors (Lipinski definition) is 2. The summed E-state index contributed by atoms with van der Waals surface area (Å²) in [6, 6.07) is 6.71. The average molecular weight is 602 g/mol. The number of nitrogens with one attached hydrogen (secondary N) is 2. The number of imidazole rings is 1. The number of aromatic amines is 1. The molecule has 4 aromatic heterocycles. The van der Waals surface area contributed by atoms with Crippen LogP contribution in [0.4, 0.5) is 4.39 Å². The zero-order chi connectivity index (χ0) is 29.9. The summed E-state index contributed by atoms with van der Waals surface area (Å²) in [4.78, 5) is 27.4. The summed E-state index contributed by atoms with van der Waals surface area (Å²) in [5, 5.41) is 15.1. The lowest BCUT2D eigenvalue weighted by Gasteiger charge is -2.26.